The molecular weight excluding hydrogens is 353 g/mol. The van der Waals surface area contributed by atoms with Gasteiger partial charge in [-0.2, -0.15) is 0 Å². The van der Waals surface area contributed by atoms with Crippen molar-refractivity contribution in [1.29, 1.82) is 0 Å². The fourth-order valence-corrected chi connectivity index (χ4v) is 3.55. The minimum atomic E-state index is -0.399. The first-order valence-electron chi connectivity index (χ1n) is 9.03. The minimum Gasteiger partial charge on any atom is -0.369 e. The summed E-state index contributed by atoms with van der Waals surface area (Å²) in [5.74, 6) is 0.0206. The number of fused-ring (bicyclic) bond motifs is 1. The van der Waals surface area contributed by atoms with E-state index in [-0.39, 0.29) is 11.7 Å². The monoisotopic (exact) mass is 377 g/mol. The Labute approximate surface area is 158 Å². The molecule has 140 valence electrons. The van der Waals surface area contributed by atoms with Crippen LogP contribution in [0.4, 0.5) is 10.1 Å². The Morgan fingerprint density at radius 2 is 2.15 bits per heavy atom. The number of aromatic nitrogens is 1. The first-order chi connectivity index (χ1) is 12.3. The maximum Gasteiger partial charge on any atom is 0.225 e. The van der Waals surface area contributed by atoms with E-state index in [0.717, 1.165) is 19.4 Å². The molecule has 1 aliphatic heterocycles. The molecule has 1 saturated heterocycles. The summed E-state index contributed by atoms with van der Waals surface area (Å²) in [5.41, 5.74) is 0.460. The van der Waals surface area contributed by atoms with Crippen LogP contribution in [-0.2, 0) is 4.79 Å². The van der Waals surface area contributed by atoms with E-state index in [1.54, 1.807) is 12.1 Å². The maximum absolute atomic E-state index is 15.0. The number of rotatable bonds is 3. The summed E-state index contributed by atoms with van der Waals surface area (Å²) in [7, 11) is 0. The number of carbonyl (C=O) groups is 1. The second-order valence-corrected chi connectivity index (χ2v) is 8.41. The highest BCUT2D eigenvalue weighted by molar-refractivity contribution is 6.35. The summed E-state index contributed by atoms with van der Waals surface area (Å²) in [6.45, 7) is 7.83. The predicted octanol–water partition coefficient (Wildman–Crippen LogP) is 4.41. The van der Waals surface area contributed by atoms with Gasteiger partial charge in [-0.3, -0.25) is 9.78 Å². The van der Waals surface area contributed by atoms with Crippen LogP contribution < -0.4 is 10.2 Å². The van der Waals surface area contributed by atoms with Crippen molar-refractivity contribution in [2.75, 3.05) is 24.5 Å². The lowest BCUT2D eigenvalue weighted by atomic mass is 9.93. The topological polar surface area (TPSA) is 45.2 Å². The molecule has 1 aliphatic rings. The molecule has 2 aromatic rings. The second-order valence-electron chi connectivity index (χ2n) is 8.00. The first kappa shape index (κ1) is 18.9. The van der Waals surface area contributed by atoms with Gasteiger partial charge in [0.15, 0.2) is 5.82 Å². The Morgan fingerprint density at radius 3 is 2.88 bits per heavy atom. The third-order valence-electron chi connectivity index (χ3n) is 4.87. The number of carbonyl (C=O) groups excluding carboxylic acids is 1. The van der Waals surface area contributed by atoms with E-state index in [4.69, 9.17) is 11.6 Å². The van der Waals surface area contributed by atoms with Crippen LogP contribution in [0.2, 0.25) is 5.02 Å². The Bertz CT molecular complexity index is 819. The number of piperidine rings is 1. The number of anilines is 1. The highest BCUT2D eigenvalue weighted by atomic mass is 35.5. The molecule has 1 N–H and O–H groups in total. The van der Waals surface area contributed by atoms with Gasteiger partial charge in [0.25, 0.3) is 0 Å². The van der Waals surface area contributed by atoms with Crippen LogP contribution in [0, 0.1) is 17.2 Å². The normalized spacial score (nSPS) is 18.2. The van der Waals surface area contributed by atoms with Crippen LogP contribution in [0.15, 0.2) is 24.4 Å². The van der Waals surface area contributed by atoms with E-state index in [9.17, 15) is 9.18 Å². The van der Waals surface area contributed by atoms with E-state index in [2.05, 4.69) is 15.2 Å². The predicted molar refractivity (Wildman–Crippen MR) is 104 cm³/mol. The van der Waals surface area contributed by atoms with Crippen LogP contribution in [0.5, 0.6) is 0 Å². The summed E-state index contributed by atoms with van der Waals surface area (Å²) in [6, 6.07) is 5.27. The Hall–Kier alpha value is -1.88. The van der Waals surface area contributed by atoms with Crippen molar-refractivity contribution in [1.82, 2.24) is 10.3 Å². The lowest BCUT2D eigenvalue weighted by molar-refractivity contribution is -0.128. The highest BCUT2D eigenvalue weighted by Gasteiger charge is 2.26. The molecule has 0 radical (unpaired) electrons. The van der Waals surface area contributed by atoms with Crippen LogP contribution in [0.3, 0.4) is 0 Å². The largest absolute Gasteiger partial charge is 0.369 e. The lowest BCUT2D eigenvalue weighted by Crippen LogP contribution is -2.43. The Kier molecular flexibility index (Phi) is 5.37. The van der Waals surface area contributed by atoms with E-state index in [0.29, 0.717) is 40.6 Å². The third-order valence-corrected chi connectivity index (χ3v) is 5.20. The van der Waals surface area contributed by atoms with Crippen molar-refractivity contribution in [2.45, 2.75) is 33.6 Å². The second kappa shape index (κ2) is 7.39. The molecule has 2 heterocycles. The molecule has 0 aliphatic carbocycles. The van der Waals surface area contributed by atoms with Crippen LogP contribution in [-0.4, -0.2) is 30.5 Å². The van der Waals surface area contributed by atoms with Crippen LogP contribution >= 0.6 is 11.6 Å². The summed E-state index contributed by atoms with van der Waals surface area (Å²) < 4.78 is 15.0. The summed E-state index contributed by atoms with van der Waals surface area (Å²) >= 11 is 6.14. The fraction of sp³-hybridized carbons (Fsp3) is 0.500. The molecule has 1 aromatic heterocycles. The Balaban J connectivity index is 1.75. The molecule has 1 unspecified atom stereocenters. The minimum absolute atomic E-state index is 0.0466. The molecule has 26 heavy (non-hydrogen) atoms. The summed E-state index contributed by atoms with van der Waals surface area (Å²) in [4.78, 5) is 18.3. The number of benzene rings is 1. The molecule has 4 nitrogen and oxygen atoms in total. The van der Waals surface area contributed by atoms with Crippen molar-refractivity contribution in [3.8, 4) is 0 Å². The number of nitrogens with zero attached hydrogens (tertiary/aromatic N) is 2. The van der Waals surface area contributed by atoms with Crippen molar-refractivity contribution in [3.63, 3.8) is 0 Å². The average molecular weight is 378 g/mol. The molecule has 1 aromatic carbocycles. The smallest absolute Gasteiger partial charge is 0.225 e. The highest BCUT2D eigenvalue weighted by Crippen LogP contribution is 2.32. The quantitative estimate of drug-likeness (QED) is 0.861. The first-order valence-corrected chi connectivity index (χ1v) is 9.41. The third kappa shape index (κ3) is 3.93. The maximum atomic E-state index is 15.0. The standard InChI is InChI=1S/C20H25ClFN3O/c1-20(2,3)19(26)24-11-13-5-4-10-25(12-13)16-7-6-14-15(21)8-9-23-18(14)17(16)22/h6-9,13H,4-5,10-12H2,1-3H3,(H,24,26). The zero-order valence-electron chi connectivity index (χ0n) is 15.5. The molecule has 3 rings (SSSR count). The van der Waals surface area contributed by atoms with Gasteiger partial charge in [0.2, 0.25) is 5.91 Å². The van der Waals surface area contributed by atoms with Gasteiger partial charge in [-0.25, -0.2) is 4.39 Å². The zero-order valence-corrected chi connectivity index (χ0v) is 16.2. The van der Waals surface area contributed by atoms with E-state index in [1.807, 2.05) is 26.8 Å². The van der Waals surface area contributed by atoms with Crippen molar-refractivity contribution in [3.05, 3.63) is 35.2 Å². The van der Waals surface area contributed by atoms with Gasteiger partial charge in [-0.1, -0.05) is 32.4 Å². The van der Waals surface area contributed by atoms with E-state index in [1.165, 1.54) is 6.20 Å². The molecular formula is C20H25ClFN3O. The lowest BCUT2D eigenvalue weighted by Gasteiger charge is -2.35. The van der Waals surface area contributed by atoms with Gasteiger partial charge in [-0.05, 0) is 37.0 Å². The van der Waals surface area contributed by atoms with E-state index < -0.39 is 5.41 Å². The van der Waals surface area contributed by atoms with Gasteiger partial charge >= 0.3 is 0 Å². The number of pyridine rings is 1. The van der Waals surface area contributed by atoms with Crippen LogP contribution in [0.25, 0.3) is 10.9 Å². The average Bonchev–Trinajstić information content (AvgIpc) is 2.60. The van der Waals surface area contributed by atoms with Gasteiger partial charge in [0.05, 0.1) is 10.7 Å². The molecule has 1 amide bonds. The number of nitrogens with one attached hydrogen (secondary N) is 1. The molecule has 1 atom stereocenters. The number of hydrogen-bond donors (Lipinski definition) is 1. The molecule has 6 heteroatoms. The number of amides is 1. The SMILES string of the molecule is CC(C)(C)C(=O)NCC1CCCN(c2ccc3c(Cl)ccnc3c2F)C1. The molecule has 0 saturated carbocycles. The van der Waals surface area contributed by atoms with Crippen molar-refractivity contribution >= 4 is 34.1 Å². The van der Waals surface area contributed by atoms with Crippen molar-refractivity contribution in [2.24, 2.45) is 11.3 Å². The van der Waals surface area contributed by atoms with Gasteiger partial charge in [-0.15, -0.1) is 0 Å². The molecule has 0 spiro atoms. The molecule has 0 bridgehead atoms. The summed E-state index contributed by atoms with van der Waals surface area (Å²) in [6.07, 6.45) is 3.52. The van der Waals surface area contributed by atoms with Gasteiger partial charge in [0.1, 0.15) is 5.52 Å². The molecule has 1 fully saturated rings. The summed E-state index contributed by atoms with van der Waals surface area (Å²) in [5, 5.41) is 4.15. The van der Waals surface area contributed by atoms with Gasteiger partial charge < -0.3 is 10.2 Å². The zero-order chi connectivity index (χ0) is 18.9. The number of hydrogen-bond acceptors (Lipinski definition) is 3. The van der Waals surface area contributed by atoms with Crippen molar-refractivity contribution < 1.29 is 9.18 Å². The van der Waals surface area contributed by atoms with Gasteiger partial charge in [0, 0.05) is 36.6 Å². The fourth-order valence-electron chi connectivity index (χ4n) is 3.34. The van der Waals surface area contributed by atoms with Crippen LogP contribution in [0.1, 0.15) is 33.6 Å². The number of halogens is 2. The van der Waals surface area contributed by atoms with E-state index >= 15 is 0 Å². The Morgan fingerprint density at radius 1 is 1.38 bits per heavy atom.